The van der Waals surface area contributed by atoms with Crippen LogP contribution in [-0.2, 0) is 0 Å². The molecule has 2 aliphatic rings. The average Bonchev–Trinajstić information content (AvgIpc) is 2.58. The van der Waals surface area contributed by atoms with E-state index in [-0.39, 0.29) is 0 Å². The van der Waals surface area contributed by atoms with Crippen LogP contribution in [0.15, 0.2) is 40.7 Å². The van der Waals surface area contributed by atoms with Crippen molar-refractivity contribution >= 4 is 5.69 Å². The number of rotatable bonds is 4. The molecule has 0 saturated heterocycles. The minimum atomic E-state index is 0.620. The Morgan fingerprint density at radius 3 is 1.76 bits per heavy atom. The maximum absolute atomic E-state index is 4.70. The molecule has 0 aromatic heterocycles. The van der Waals surface area contributed by atoms with Crippen molar-refractivity contribution in [3.8, 4) is 0 Å². The summed E-state index contributed by atoms with van der Waals surface area (Å²) in [5, 5.41) is 11.6. The van der Waals surface area contributed by atoms with Gasteiger partial charge in [-0.1, -0.05) is 61.9 Å². The number of benzene rings is 1. The molecule has 1 aromatic carbocycles. The summed E-state index contributed by atoms with van der Waals surface area (Å²) in [5.41, 5.74) is 0.967. The van der Waals surface area contributed by atoms with Crippen molar-refractivity contribution in [1.29, 1.82) is 0 Å². The predicted octanol–water partition coefficient (Wildman–Crippen LogP) is 5.65. The standard InChI is InChI=1S/C18H27N3/c1-4-10-16(11-5-1)19-20-21(17-12-6-2-7-13-17)18-14-8-3-9-15-18/h1,4-5,10-11,17-18H,2-3,6-9,12-15H2. The Morgan fingerprint density at radius 2 is 1.24 bits per heavy atom. The third-order valence-corrected chi connectivity index (χ3v) is 4.92. The second kappa shape index (κ2) is 7.58. The molecule has 21 heavy (non-hydrogen) atoms. The van der Waals surface area contributed by atoms with Crippen molar-refractivity contribution in [2.45, 2.75) is 76.3 Å². The van der Waals surface area contributed by atoms with Crippen LogP contribution in [0.2, 0.25) is 0 Å². The number of nitrogens with zero attached hydrogens (tertiary/aromatic N) is 3. The monoisotopic (exact) mass is 285 g/mol. The third kappa shape index (κ3) is 4.05. The van der Waals surface area contributed by atoms with Crippen molar-refractivity contribution in [3.05, 3.63) is 30.3 Å². The lowest BCUT2D eigenvalue weighted by molar-refractivity contribution is 0.0757. The molecular weight excluding hydrogens is 258 g/mol. The van der Waals surface area contributed by atoms with E-state index in [0.717, 1.165) is 5.69 Å². The molecule has 0 radical (unpaired) electrons. The van der Waals surface area contributed by atoms with Gasteiger partial charge in [-0.2, -0.15) is 0 Å². The van der Waals surface area contributed by atoms with Crippen LogP contribution < -0.4 is 0 Å². The Hall–Kier alpha value is -1.38. The van der Waals surface area contributed by atoms with Gasteiger partial charge in [0, 0.05) is 12.1 Å². The molecule has 0 N–H and O–H groups in total. The van der Waals surface area contributed by atoms with Gasteiger partial charge in [0.2, 0.25) is 0 Å². The average molecular weight is 285 g/mol. The summed E-state index contributed by atoms with van der Waals surface area (Å²) in [5.74, 6) is 0. The minimum absolute atomic E-state index is 0.620. The molecule has 0 aliphatic heterocycles. The molecule has 0 heterocycles. The van der Waals surface area contributed by atoms with Crippen LogP contribution in [0.5, 0.6) is 0 Å². The first-order valence-corrected chi connectivity index (χ1v) is 8.68. The zero-order valence-corrected chi connectivity index (χ0v) is 13.0. The highest BCUT2D eigenvalue weighted by Crippen LogP contribution is 2.31. The van der Waals surface area contributed by atoms with Crippen molar-refractivity contribution < 1.29 is 0 Å². The van der Waals surface area contributed by atoms with Crippen LogP contribution in [0.4, 0.5) is 5.69 Å². The van der Waals surface area contributed by atoms with Gasteiger partial charge in [-0.3, -0.25) is 5.01 Å². The summed E-state index contributed by atoms with van der Waals surface area (Å²) in [6, 6.07) is 11.4. The maximum Gasteiger partial charge on any atom is 0.0874 e. The first-order valence-electron chi connectivity index (χ1n) is 8.68. The SMILES string of the molecule is c1ccc(N=NN(C2CCCCC2)C2CCCCC2)cc1. The van der Waals surface area contributed by atoms with E-state index in [9.17, 15) is 0 Å². The Labute approximate surface area is 128 Å². The van der Waals surface area contributed by atoms with Crippen molar-refractivity contribution in [2.75, 3.05) is 0 Å². The van der Waals surface area contributed by atoms with Crippen LogP contribution >= 0.6 is 0 Å². The van der Waals surface area contributed by atoms with Gasteiger partial charge in [-0.15, -0.1) is 5.11 Å². The van der Waals surface area contributed by atoms with E-state index >= 15 is 0 Å². The molecule has 2 fully saturated rings. The van der Waals surface area contributed by atoms with Crippen molar-refractivity contribution in [3.63, 3.8) is 0 Å². The fourth-order valence-corrected chi connectivity index (χ4v) is 3.73. The van der Waals surface area contributed by atoms with Gasteiger partial charge in [0.15, 0.2) is 0 Å². The minimum Gasteiger partial charge on any atom is -0.272 e. The third-order valence-electron chi connectivity index (χ3n) is 4.92. The van der Waals surface area contributed by atoms with Crippen LogP contribution in [0, 0.1) is 0 Å². The van der Waals surface area contributed by atoms with Gasteiger partial charge in [-0.05, 0) is 37.8 Å². The van der Waals surface area contributed by atoms with E-state index in [1.54, 1.807) is 0 Å². The first-order chi connectivity index (χ1) is 10.4. The Morgan fingerprint density at radius 1 is 0.714 bits per heavy atom. The lowest BCUT2D eigenvalue weighted by Gasteiger charge is -2.38. The number of hydrogen-bond donors (Lipinski definition) is 0. The lowest BCUT2D eigenvalue weighted by Crippen LogP contribution is -2.41. The van der Waals surface area contributed by atoms with E-state index in [1.165, 1.54) is 64.2 Å². The van der Waals surface area contributed by atoms with E-state index in [2.05, 4.69) is 10.1 Å². The molecule has 0 unspecified atom stereocenters. The Kier molecular flexibility index (Phi) is 5.25. The molecule has 0 atom stereocenters. The number of hydrogen-bond acceptors (Lipinski definition) is 2. The largest absolute Gasteiger partial charge is 0.272 e. The fraction of sp³-hybridized carbons (Fsp3) is 0.667. The van der Waals surface area contributed by atoms with Crippen molar-refractivity contribution in [1.82, 2.24) is 5.01 Å². The molecule has 0 spiro atoms. The fourth-order valence-electron chi connectivity index (χ4n) is 3.73. The molecular formula is C18H27N3. The molecule has 0 amide bonds. The topological polar surface area (TPSA) is 28.0 Å². The highest BCUT2D eigenvalue weighted by Gasteiger charge is 2.28. The second-order valence-electron chi connectivity index (χ2n) is 6.49. The molecule has 2 aliphatic carbocycles. The summed E-state index contributed by atoms with van der Waals surface area (Å²) >= 11 is 0. The van der Waals surface area contributed by atoms with E-state index < -0.39 is 0 Å². The summed E-state index contributed by atoms with van der Waals surface area (Å²) in [4.78, 5) is 0. The van der Waals surface area contributed by atoms with E-state index in [1.807, 2.05) is 30.3 Å². The van der Waals surface area contributed by atoms with Gasteiger partial charge in [0.1, 0.15) is 0 Å². The molecule has 114 valence electrons. The van der Waals surface area contributed by atoms with Gasteiger partial charge < -0.3 is 0 Å². The second-order valence-corrected chi connectivity index (χ2v) is 6.49. The molecule has 1 aromatic rings. The van der Waals surface area contributed by atoms with Crippen LogP contribution in [0.25, 0.3) is 0 Å². The van der Waals surface area contributed by atoms with Crippen LogP contribution in [-0.4, -0.2) is 17.1 Å². The smallest absolute Gasteiger partial charge is 0.0874 e. The normalized spacial score (nSPS) is 21.7. The van der Waals surface area contributed by atoms with Gasteiger partial charge in [-0.25, -0.2) is 0 Å². The first kappa shape index (κ1) is 14.6. The van der Waals surface area contributed by atoms with Crippen LogP contribution in [0.3, 0.4) is 0 Å². The van der Waals surface area contributed by atoms with E-state index in [0.29, 0.717) is 12.1 Å². The molecule has 3 rings (SSSR count). The lowest BCUT2D eigenvalue weighted by atomic mass is 9.90. The summed E-state index contributed by atoms with van der Waals surface area (Å²) in [6.45, 7) is 0. The highest BCUT2D eigenvalue weighted by atomic mass is 15.6. The Bertz CT molecular complexity index is 413. The van der Waals surface area contributed by atoms with Gasteiger partial charge in [0.05, 0.1) is 5.69 Å². The molecule has 3 heteroatoms. The quantitative estimate of drug-likeness (QED) is 0.518. The summed E-state index contributed by atoms with van der Waals surface area (Å²) in [7, 11) is 0. The van der Waals surface area contributed by atoms with Gasteiger partial charge in [0.25, 0.3) is 0 Å². The van der Waals surface area contributed by atoms with Gasteiger partial charge >= 0.3 is 0 Å². The zero-order chi connectivity index (χ0) is 14.3. The molecule has 0 bridgehead atoms. The highest BCUT2D eigenvalue weighted by molar-refractivity contribution is 5.34. The van der Waals surface area contributed by atoms with Crippen LogP contribution in [0.1, 0.15) is 64.2 Å². The van der Waals surface area contributed by atoms with Crippen molar-refractivity contribution in [2.24, 2.45) is 10.3 Å². The maximum atomic E-state index is 4.70. The molecule has 3 nitrogen and oxygen atoms in total. The zero-order valence-electron chi connectivity index (χ0n) is 13.0. The van der Waals surface area contributed by atoms with E-state index in [4.69, 9.17) is 5.22 Å². The summed E-state index contributed by atoms with van der Waals surface area (Å²) in [6.07, 6.45) is 13.4. The summed E-state index contributed by atoms with van der Waals surface area (Å²) < 4.78 is 0. The predicted molar refractivity (Wildman–Crippen MR) is 86.5 cm³/mol. The molecule has 2 saturated carbocycles. The Balaban J connectivity index is 1.72.